The molecule has 8 nitrogen and oxygen atoms in total. The number of anilines is 3. The standard InChI is InChI=1S/C25H23F2N5O3/c1-35-20-4-3-16(26)22(24(20)27)18-12-19(23-17(30-18)6-9-28-25(23)34)31-21-5-2-14(13-29-21)32-10-7-15(33)8-11-32/h2-6,9,12-13,15,33H,7-8,10-11H2,1H3,(H,28,34)(H,29,30,31). The van der Waals surface area contributed by atoms with Gasteiger partial charge in [0.2, 0.25) is 0 Å². The predicted molar refractivity (Wildman–Crippen MR) is 129 cm³/mol. The van der Waals surface area contributed by atoms with Crippen LogP contribution < -0.4 is 20.5 Å². The van der Waals surface area contributed by atoms with E-state index in [0.29, 0.717) is 24.3 Å². The first-order valence-corrected chi connectivity index (χ1v) is 11.2. The summed E-state index contributed by atoms with van der Waals surface area (Å²) in [7, 11) is 1.29. The van der Waals surface area contributed by atoms with Crippen LogP contribution in [0.15, 0.2) is 53.6 Å². The predicted octanol–water partition coefficient (Wildman–Crippen LogP) is 3.98. The van der Waals surface area contributed by atoms with Crippen LogP contribution in [-0.4, -0.2) is 46.4 Å². The summed E-state index contributed by atoms with van der Waals surface area (Å²) in [5.74, 6) is -1.37. The van der Waals surface area contributed by atoms with Crippen molar-refractivity contribution in [1.82, 2.24) is 15.0 Å². The summed E-state index contributed by atoms with van der Waals surface area (Å²) >= 11 is 0. The molecule has 0 spiro atoms. The molecule has 1 aromatic carbocycles. The topological polar surface area (TPSA) is 103 Å². The van der Waals surface area contributed by atoms with Crippen LogP contribution in [0.2, 0.25) is 0 Å². The molecule has 180 valence electrons. The summed E-state index contributed by atoms with van der Waals surface area (Å²) in [4.78, 5) is 26.2. The van der Waals surface area contributed by atoms with Crippen molar-refractivity contribution in [2.24, 2.45) is 0 Å². The van der Waals surface area contributed by atoms with Gasteiger partial charge in [-0.2, -0.15) is 0 Å². The third kappa shape index (κ3) is 4.40. The Kier molecular flexibility index (Phi) is 6.04. The quantitative estimate of drug-likeness (QED) is 0.398. The van der Waals surface area contributed by atoms with E-state index in [2.05, 4.69) is 25.2 Å². The van der Waals surface area contributed by atoms with Crippen molar-refractivity contribution in [3.8, 4) is 17.0 Å². The largest absolute Gasteiger partial charge is 0.494 e. The molecule has 4 heterocycles. The minimum atomic E-state index is -0.885. The van der Waals surface area contributed by atoms with Gasteiger partial charge in [-0.25, -0.2) is 18.7 Å². The van der Waals surface area contributed by atoms with E-state index in [1.54, 1.807) is 18.3 Å². The number of aliphatic hydroxyl groups excluding tert-OH is 1. The molecule has 3 aromatic heterocycles. The van der Waals surface area contributed by atoms with Crippen LogP contribution >= 0.6 is 0 Å². The molecule has 0 saturated carbocycles. The Morgan fingerprint density at radius 3 is 2.69 bits per heavy atom. The van der Waals surface area contributed by atoms with Gasteiger partial charge in [0.15, 0.2) is 11.6 Å². The van der Waals surface area contributed by atoms with Gasteiger partial charge in [0.1, 0.15) is 11.6 Å². The van der Waals surface area contributed by atoms with Crippen LogP contribution in [0.3, 0.4) is 0 Å². The van der Waals surface area contributed by atoms with Gasteiger partial charge in [-0.1, -0.05) is 0 Å². The second-order valence-corrected chi connectivity index (χ2v) is 8.31. The molecule has 35 heavy (non-hydrogen) atoms. The normalized spacial score (nSPS) is 14.3. The Labute approximate surface area is 199 Å². The van der Waals surface area contributed by atoms with Gasteiger partial charge in [-0.05, 0) is 49.2 Å². The van der Waals surface area contributed by atoms with E-state index >= 15 is 0 Å². The molecule has 5 rings (SSSR count). The van der Waals surface area contributed by atoms with E-state index in [1.807, 2.05) is 6.07 Å². The number of fused-ring (bicyclic) bond motifs is 1. The number of ether oxygens (including phenoxy) is 1. The molecule has 4 aromatic rings. The summed E-state index contributed by atoms with van der Waals surface area (Å²) < 4.78 is 34.6. The van der Waals surface area contributed by atoms with Gasteiger partial charge < -0.3 is 25.0 Å². The van der Waals surface area contributed by atoms with Gasteiger partial charge in [0.25, 0.3) is 5.56 Å². The molecule has 0 bridgehead atoms. The number of rotatable bonds is 5. The average Bonchev–Trinajstić information content (AvgIpc) is 2.85. The first-order chi connectivity index (χ1) is 16.9. The van der Waals surface area contributed by atoms with Crippen LogP contribution in [0.25, 0.3) is 22.2 Å². The lowest BCUT2D eigenvalue weighted by Gasteiger charge is -2.31. The van der Waals surface area contributed by atoms with Crippen LogP contribution in [0.5, 0.6) is 5.75 Å². The van der Waals surface area contributed by atoms with Crippen molar-refractivity contribution in [3.63, 3.8) is 0 Å². The molecular formula is C25H23F2N5O3. The number of aromatic nitrogens is 3. The fourth-order valence-corrected chi connectivity index (χ4v) is 4.25. The molecule has 10 heteroatoms. The Morgan fingerprint density at radius 1 is 1.17 bits per heavy atom. The second kappa shape index (κ2) is 9.30. The van der Waals surface area contributed by atoms with E-state index in [-0.39, 0.29) is 34.0 Å². The molecule has 0 amide bonds. The second-order valence-electron chi connectivity index (χ2n) is 8.31. The average molecular weight is 479 g/mol. The third-order valence-corrected chi connectivity index (χ3v) is 6.10. The summed E-state index contributed by atoms with van der Waals surface area (Å²) in [6.45, 7) is 1.47. The zero-order valence-electron chi connectivity index (χ0n) is 18.9. The van der Waals surface area contributed by atoms with Crippen molar-refractivity contribution < 1.29 is 18.6 Å². The lowest BCUT2D eigenvalue weighted by molar-refractivity contribution is 0.145. The maximum Gasteiger partial charge on any atom is 0.259 e. The van der Waals surface area contributed by atoms with Gasteiger partial charge in [-0.15, -0.1) is 0 Å². The number of aromatic amines is 1. The van der Waals surface area contributed by atoms with E-state index in [0.717, 1.165) is 24.8 Å². The monoisotopic (exact) mass is 479 g/mol. The van der Waals surface area contributed by atoms with Crippen molar-refractivity contribution in [3.05, 3.63) is 70.8 Å². The van der Waals surface area contributed by atoms with Crippen molar-refractivity contribution >= 4 is 28.1 Å². The number of nitrogens with zero attached hydrogens (tertiary/aromatic N) is 3. The summed E-state index contributed by atoms with van der Waals surface area (Å²) in [6, 6.07) is 8.93. The smallest absolute Gasteiger partial charge is 0.259 e. The molecule has 0 radical (unpaired) electrons. The highest BCUT2D eigenvalue weighted by Crippen LogP contribution is 2.34. The highest BCUT2D eigenvalue weighted by Gasteiger charge is 2.21. The van der Waals surface area contributed by atoms with E-state index in [1.165, 1.54) is 25.4 Å². The molecule has 1 aliphatic heterocycles. The number of benzene rings is 1. The lowest BCUT2D eigenvalue weighted by Crippen LogP contribution is -2.35. The number of methoxy groups -OCH3 is 1. The van der Waals surface area contributed by atoms with Gasteiger partial charge in [-0.3, -0.25) is 4.79 Å². The zero-order valence-corrected chi connectivity index (χ0v) is 18.9. The number of hydrogen-bond acceptors (Lipinski definition) is 7. The molecular weight excluding hydrogens is 456 g/mol. The third-order valence-electron chi connectivity index (χ3n) is 6.10. The molecule has 1 aliphatic rings. The first-order valence-electron chi connectivity index (χ1n) is 11.2. The number of aliphatic hydroxyl groups is 1. The van der Waals surface area contributed by atoms with E-state index in [4.69, 9.17) is 4.74 Å². The first kappa shape index (κ1) is 22.7. The number of piperidine rings is 1. The number of halogens is 2. The number of nitrogens with one attached hydrogen (secondary N) is 2. The zero-order chi connectivity index (χ0) is 24.5. The SMILES string of the molecule is COc1ccc(F)c(-c2cc(Nc3ccc(N4CCC(O)CC4)cn3)c3c(=O)[nH]ccc3n2)c1F. The highest BCUT2D eigenvalue weighted by molar-refractivity contribution is 5.94. The highest BCUT2D eigenvalue weighted by atomic mass is 19.1. The fourth-order valence-electron chi connectivity index (χ4n) is 4.25. The van der Waals surface area contributed by atoms with Crippen molar-refractivity contribution in [1.29, 1.82) is 0 Å². The summed E-state index contributed by atoms with van der Waals surface area (Å²) in [5, 5.41) is 13.0. The molecule has 0 unspecified atom stereocenters. The van der Waals surface area contributed by atoms with E-state index in [9.17, 15) is 18.7 Å². The van der Waals surface area contributed by atoms with Crippen LogP contribution in [0.1, 0.15) is 12.8 Å². The van der Waals surface area contributed by atoms with Crippen molar-refractivity contribution in [2.45, 2.75) is 18.9 Å². The van der Waals surface area contributed by atoms with Crippen molar-refractivity contribution in [2.75, 3.05) is 30.4 Å². The van der Waals surface area contributed by atoms with Crippen LogP contribution in [0.4, 0.5) is 26.0 Å². The molecule has 1 fully saturated rings. The maximum absolute atomic E-state index is 15.0. The maximum atomic E-state index is 15.0. The Balaban J connectivity index is 1.55. The van der Waals surface area contributed by atoms with Gasteiger partial charge in [0, 0.05) is 19.3 Å². The van der Waals surface area contributed by atoms with Crippen LogP contribution in [-0.2, 0) is 0 Å². The Hall–Kier alpha value is -4.05. The number of hydrogen-bond donors (Lipinski definition) is 3. The number of pyridine rings is 3. The Bertz CT molecular complexity index is 1430. The lowest BCUT2D eigenvalue weighted by atomic mass is 10.1. The van der Waals surface area contributed by atoms with Gasteiger partial charge >= 0.3 is 0 Å². The van der Waals surface area contributed by atoms with Gasteiger partial charge in [0.05, 0.1) is 52.9 Å². The number of H-pyrrole nitrogens is 1. The molecule has 1 saturated heterocycles. The minimum Gasteiger partial charge on any atom is -0.494 e. The summed E-state index contributed by atoms with van der Waals surface area (Å²) in [5.41, 5.74) is 0.724. The fraction of sp³-hybridized carbons (Fsp3) is 0.240. The molecule has 0 atom stereocenters. The molecule has 0 aliphatic carbocycles. The minimum absolute atomic E-state index is 0.00277. The summed E-state index contributed by atoms with van der Waals surface area (Å²) in [6.07, 6.45) is 4.26. The molecule has 3 N–H and O–H groups in total. The van der Waals surface area contributed by atoms with Crippen LogP contribution in [0, 0.1) is 11.6 Å². The van der Waals surface area contributed by atoms with E-state index < -0.39 is 17.2 Å². The Morgan fingerprint density at radius 2 is 1.97 bits per heavy atom.